The maximum absolute atomic E-state index is 12.5. The number of imidazole rings is 1. The van der Waals surface area contributed by atoms with Crippen molar-refractivity contribution in [2.45, 2.75) is 13.3 Å². The normalized spacial score (nSPS) is 16.8. The molecule has 31 heavy (non-hydrogen) atoms. The van der Waals surface area contributed by atoms with E-state index >= 15 is 0 Å². The van der Waals surface area contributed by atoms with Gasteiger partial charge in [0.05, 0.1) is 17.0 Å². The number of aryl methyl sites for hydroxylation is 1. The number of esters is 1. The highest BCUT2D eigenvalue weighted by Crippen LogP contribution is 2.26. The number of aliphatic hydroxyl groups is 1. The summed E-state index contributed by atoms with van der Waals surface area (Å²) in [6, 6.07) is 16.6. The summed E-state index contributed by atoms with van der Waals surface area (Å²) in [6.45, 7) is 1.68. The van der Waals surface area contributed by atoms with E-state index in [1.165, 1.54) is 0 Å². The molecule has 8 nitrogen and oxygen atoms in total. The highest BCUT2D eigenvalue weighted by molar-refractivity contribution is 5.99. The molecule has 1 amide bonds. The minimum Gasteiger partial charge on any atom is -0.507 e. The molecule has 156 valence electrons. The number of carbonyl (C=O) groups excluding carboxylic acids is 2. The number of anilines is 1. The van der Waals surface area contributed by atoms with Gasteiger partial charge in [-0.1, -0.05) is 29.8 Å². The molecule has 1 atom stereocenters. The molecule has 4 rings (SSSR count). The Bertz CT molecular complexity index is 1190. The lowest BCUT2D eigenvalue weighted by Gasteiger charge is -2.16. The molecule has 0 aliphatic carbocycles. The molecule has 0 radical (unpaired) electrons. The maximum Gasteiger partial charge on any atom is 0.311 e. The first-order valence-corrected chi connectivity index (χ1v) is 9.77. The summed E-state index contributed by atoms with van der Waals surface area (Å²) in [5, 5.41) is 19.8. The summed E-state index contributed by atoms with van der Waals surface area (Å²) in [6.07, 6.45) is 0.0336. The Hall–Kier alpha value is -4.12. The molecule has 0 saturated carbocycles. The van der Waals surface area contributed by atoms with Crippen LogP contribution in [0.1, 0.15) is 17.8 Å². The van der Waals surface area contributed by atoms with E-state index in [0.717, 1.165) is 16.8 Å². The number of aliphatic hydroxyl groups excluding tert-OH is 1. The third kappa shape index (κ3) is 4.12. The summed E-state index contributed by atoms with van der Waals surface area (Å²) in [7, 11) is 0. The Labute approximate surface area is 178 Å². The Morgan fingerprint density at radius 2 is 2.03 bits per heavy atom. The zero-order valence-corrected chi connectivity index (χ0v) is 16.8. The second-order valence-electron chi connectivity index (χ2n) is 7.38. The number of fused-ring (bicyclic) bond motifs is 1. The van der Waals surface area contributed by atoms with Crippen molar-refractivity contribution in [1.82, 2.24) is 9.97 Å². The molecule has 0 bridgehead atoms. The van der Waals surface area contributed by atoms with Gasteiger partial charge in [0, 0.05) is 18.7 Å². The lowest BCUT2D eigenvalue weighted by atomic mass is 10.1. The van der Waals surface area contributed by atoms with Crippen LogP contribution in [0.15, 0.2) is 54.3 Å². The van der Waals surface area contributed by atoms with E-state index in [4.69, 9.17) is 4.74 Å². The first-order chi connectivity index (χ1) is 15.0. The Morgan fingerprint density at radius 3 is 2.74 bits per heavy atom. The molecule has 1 fully saturated rings. The summed E-state index contributed by atoms with van der Waals surface area (Å²) in [5.41, 5.74) is 3.07. The van der Waals surface area contributed by atoms with Crippen LogP contribution >= 0.6 is 0 Å². The number of benzene rings is 2. The summed E-state index contributed by atoms with van der Waals surface area (Å²) < 4.78 is 5.20. The number of ether oxygens (including phenoxy) is 1. The average molecular weight is 416 g/mol. The van der Waals surface area contributed by atoms with Gasteiger partial charge in [-0.3, -0.25) is 9.59 Å². The largest absolute Gasteiger partial charge is 0.507 e. The van der Waals surface area contributed by atoms with Crippen molar-refractivity contribution in [2.24, 2.45) is 5.92 Å². The zero-order valence-electron chi connectivity index (χ0n) is 16.8. The molecular formula is C23H20N4O4. The van der Waals surface area contributed by atoms with E-state index < -0.39 is 24.3 Å². The number of H-pyrrole nitrogens is 1. The predicted molar refractivity (Wildman–Crippen MR) is 114 cm³/mol. The lowest BCUT2D eigenvalue weighted by Crippen LogP contribution is -2.26. The third-order valence-electron chi connectivity index (χ3n) is 5.18. The second-order valence-corrected chi connectivity index (χ2v) is 7.38. The number of para-hydroxylation sites is 2. The molecule has 1 aromatic heterocycles. The molecule has 2 N–H and O–H groups in total. The van der Waals surface area contributed by atoms with Crippen molar-refractivity contribution in [3.05, 3.63) is 65.7 Å². The molecule has 8 heteroatoms. The summed E-state index contributed by atoms with van der Waals surface area (Å²) in [5.74, 6) is -1.62. The molecule has 1 aliphatic heterocycles. The minimum atomic E-state index is -0.640. The molecular weight excluding hydrogens is 396 g/mol. The van der Waals surface area contributed by atoms with Crippen LogP contribution in [-0.4, -0.2) is 40.1 Å². The van der Waals surface area contributed by atoms with Crippen molar-refractivity contribution in [1.29, 1.82) is 5.26 Å². The fraction of sp³-hybridized carbons (Fsp3) is 0.217. The third-order valence-corrected chi connectivity index (χ3v) is 5.18. The van der Waals surface area contributed by atoms with Crippen molar-refractivity contribution in [2.75, 3.05) is 18.1 Å². The average Bonchev–Trinajstić information content (AvgIpc) is 3.36. The molecule has 3 aromatic rings. The van der Waals surface area contributed by atoms with Gasteiger partial charge in [-0.15, -0.1) is 0 Å². The quantitative estimate of drug-likeness (QED) is 0.374. The van der Waals surface area contributed by atoms with Crippen molar-refractivity contribution in [3.63, 3.8) is 0 Å². The van der Waals surface area contributed by atoms with E-state index in [1.807, 2.05) is 49.4 Å². The number of amides is 1. The number of hydrogen-bond acceptors (Lipinski definition) is 6. The molecule has 2 aromatic carbocycles. The van der Waals surface area contributed by atoms with Gasteiger partial charge in [0.15, 0.2) is 11.6 Å². The van der Waals surface area contributed by atoms with E-state index in [2.05, 4.69) is 9.97 Å². The van der Waals surface area contributed by atoms with Crippen molar-refractivity contribution < 1.29 is 19.4 Å². The van der Waals surface area contributed by atoms with Crippen LogP contribution in [0.25, 0.3) is 16.6 Å². The summed E-state index contributed by atoms with van der Waals surface area (Å²) in [4.78, 5) is 33.6. The van der Waals surface area contributed by atoms with Crippen molar-refractivity contribution in [3.8, 4) is 6.07 Å². The highest BCUT2D eigenvalue weighted by Gasteiger charge is 2.36. The van der Waals surface area contributed by atoms with Crippen LogP contribution in [0, 0.1) is 24.2 Å². The maximum atomic E-state index is 12.5. The molecule has 1 saturated heterocycles. The lowest BCUT2D eigenvalue weighted by molar-refractivity contribution is -0.148. The standard InChI is InChI=1S/C23H20N4O4/c1-14-6-8-16(9-7-14)27-12-15(10-21(27)29)23(30)31-13-20(28)17(11-24)22-25-18-4-2-3-5-19(18)26-22/h2-9,15,28H,10,12-13H2,1H3,(H,25,26). The van der Waals surface area contributed by atoms with Gasteiger partial charge in [0.2, 0.25) is 5.91 Å². The number of aromatic amines is 1. The van der Waals surface area contributed by atoms with Crippen LogP contribution in [-0.2, 0) is 14.3 Å². The molecule has 0 spiro atoms. The number of allylic oxidation sites excluding steroid dienone is 1. The second kappa shape index (κ2) is 8.32. The molecule has 1 unspecified atom stereocenters. The Balaban J connectivity index is 1.43. The minimum absolute atomic E-state index is 0.0336. The van der Waals surface area contributed by atoms with Crippen molar-refractivity contribution >= 4 is 34.2 Å². The fourth-order valence-electron chi connectivity index (χ4n) is 3.49. The number of aromatic nitrogens is 2. The van der Waals surface area contributed by atoms with Crippen LogP contribution in [0.5, 0.6) is 0 Å². The monoisotopic (exact) mass is 416 g/mol. The number of carbonyl (C=O) groups is 2. The van der Waals surface area contributed by atoms with Gasteiger partial charge in [-0.2, -0.15) is 5.26 Å². The number of nitriles is 1. The highest BCUT2D eigenvalue weighted by atomic mass is 16.5. The SMILES string of the molecule is Cc1ccc(N2CC(C(=O)OCC(O)=C(C#N)c3nc4ccccc4[nH]3)CC2=O)cc1. The van der Waals surface area contributed by atoms with Gasteiger partial charge in [0.1, 0.15) is 18.2 Å². The number of rotatable bonds is 5. The van der Waals surface area contributed by atoms with E-state index in [0.29, 0.717) is 5.52 Å². The van der Waals surface area contributed by atoms with Gasteiger partial charge < -0.3 is 19.7 Å². The fourth-order valence-corrected chi connectivity index (χ4v) is 3.49. The first kappa shape index (κ1) is 20.2. The number of hydrogen-bond donors (Lipinski definition) is 2. The first-order valence-electron chi connectivity index (χ1n) is 9.77. The van der Waals surface area contributed by atoms with Gasteiger partial charge in [-0.25, -0.2) is 4.98 Å². The Kier molecular flexibility index (Phi) is 5.41. The van der Waals surface area contributed by atoms with E-state index in [9.17, 15) is 20.0 Å². The van der Waals surface area contributed by atoms with Gasteiger partial charge >= 0.3 is 5.97 Å². The molecule has 2 heterocycles. The molecule has 1 aliphatic rings. The predicted octanol–water partition coefficient (Wildman–Crippen LogP) is 3.26. The zero-order chi connectivity index (χ0) is 22.0. The Morgan fingerprint density at radius 1 is 1.29 bits per heavy atom. The topological polar surface area (TPSA) is 119 Å². The van der Waals surface area contributed by atoms with Crippen LogP contribution < -0.4 is 4.90 Å². The van der Waals surface area contributed by atoms with Gasteiger partial charge in [0.25, 0.3) is 0 Å². The number of nitrogens with one attached hydrogen (secondary N) is 1. The van der Waals surface area contributed by atoms with Crippen LogP contribution in [0.4, 0.5) is 5.69 Å². The van der Waals surface area contributed by atoms with Crippen LogP contribution in [0.2, 0.25) is 0 Å². The smallest absolute Gasteiger partial charge is 0.311 e. The van der Waals surface area contributed by atoms with Gasteiger partial charge in [-0.05, 0) is 31.2 Å². The van der Waals surface area contributed by atoms with E-state index in [-0.39, 0.29) is 30.3 Å². The van der Waals surface area contributed by atoms with E-state index in [1.54, 1.807) is 17.0 Å². The summed E-state index contributed by atoms with van der Waals surface area (Å²) >= 11 is 0. The van der Waals surface area contributed by atoms with Crippen LogP contribution in [0.3, 0.4) is 0 Å². The number of nitrogens with zero attached hydrogens (tertiary/aromatic N) is 3.